The number of pyridine rings is 1. The third-order valence-electron chi connectivity index (χ3n) is 3.19. The van der Waals surface area contributed by atoms with Crippen molar-refractivity contribution < 1.29 is 0 Å². The van der Waals surface area contributed by atoms with Gasteiger partial charge in [-0.25, -0.2) is 15.0 Å². The molecule has 2 aromatic heterocycles. The van der Waals surface area contributed by atoms with Gasteiger partial charge in [-0.2, -0.15) is 0 Å². The number of nitrogens with zero attached hydrogens (tertiary/aromatic N) is 3. The molecule has 1 aromatic carbocycles. The number of benzene rings is 1. The third kappa shape index (κ3) is 1.95. The lowest BCUT2D eigenvalue weighted by atomic mass is 10.0. The van der Waals surface area contributed by atoms with E-state index >= 15 is 0 Å². The monoisotopic (exact) mass is 260 g/mol. The Morgan fingerprint density at radius 2 is 2.00 bits per heavy atom. The predicted octanol–water partition coefficient (Wildman–Crippen LogP) is 2.56. The maximum absolute atomic E-state index is 5.85. The predicted molar refractivity (Wildman–Crippen MR) is 79.9 cm³/mol. The molecule has 20 heavy (non-hydrogen) atoms. The van der Waals surface area contributed by atoms with Crippen LogP contribution in [-0.2, 0) is 0 Å². The summed E-state index contributed by atoms with van der Waals surface area (Å²) in [6.45, 7) is 2.02. The lowest BCUT2D eigenvalue weighted by Crippen LogP contribution is -1.97. The van der Waals surface area contributed by atoms with Crippen molar-refractivity contribution >= 4 is 16.9 Å². The largest absolute Gasteiger partial charge is 0.382 e. The fourth-order valence-corrected chi connectivity index (χ4v) is 2.10. The molecule has 2 heterocycles. The highest BCUT2D eigenvalue weighted by Gasteiger charge is 2.08. The summed E-state index contributed by atoms with van der Waals surface area (Å²) in [4.78, 5) is 12.7. The molecule has 0 aliphatic rings. The Morgan fingerprint density at radius 3 is 2.80 bits per heavy atom. The molecule has 0 atom stereocenters. The number of nitrogens with two attached hydrogens (primary N) is 1. The average Bonchev–Trinajstić information content (AvgIpc) is 2.48. The summed E-state index contributed by atoms with van der Waals surface area (Å²) in [6.07, 6.45) is 6.88. The fraction of sp³-hybridized carbons (Fsp3) is 0.0625. The van der Waals surface area contributed by atoms with Crippen LogP contribution in [0.4, 0.5) is 5.82 Å². The maximum atomic E-state index is 5.85. The van der Waals surface area contributed by atoms with Gasteiger partial charge in [-0.1, -0.05) is 12.0 Å². The Hall–Kier alpha value is -2.93. The Bertz CT molecular complexity index is 847. The summed E-state index contributed by atoms with van der Waals surface area (Å²) >= 11 is 0. The van der Waals surface area contributed by atoms with Crippen LogP contribution in [-0.4, -0.2) is 15.0 Å². The summed E-state index contributed by atoms with van der Waals surface area (Å²) in [6, 6.07) is 9.65. The van der Waals surface area contributed by atoms with E-state index in [2.05, 4.69) is 20.9 Å². The number of hydrogen-bond donors (Lipinski definition) is 1. The number of anilines is 1. The lowest BCUT2D eigenvalue weighted by Gasteiger charge is -2.07. The molecule has 96 valence electrons. The summed E-state index contributed by atoms with van der Waals surface area (Å²) in [5, 5.41) is 0. The second-order valence-corrected chi connectivity index (χ2v) is 4.50. The van der Waals surface area contributed by atoms with E-state index in [1.54, 1.807) is 0 Å². The van der Waals surface area contributed by atoms with Crippen molar-refractivity contribution in [3.05, 3.63) is 47.8 Å². The van der Waals surface area contributed by atoms with Gasteiger partial charge < -0.3 is 5.73 Å². The number of aryl methyl sites for hydroxylation is 1. The molecule has 0 amide bonds. The van der Waals surface area contributed by atoms with Crippen molar-refractivity contribution in [2.24, 2.45) is 0 Å². The van der Waals surface area contributed by atoms with E-state index in [1.807, 2.05) is 37.3 Å². The number of rotatable bonds is 1. The first-order chi connectivity index (χ1) is 9.69. The van der Waals surface area contributed by atoms with Crippen LogP contribution in [0.15, 0.2) is 36.7 Å². The minimum atomic E-state index is 0.377. The van der Waals surface area contributed by atoms with Gasteiger partial charge in [-0.3, -0.25) is 0 Å². The molecular weight excluding hydrogens is 248 g/mol. The third-order valence-corrected chi connectivity index (χ3v) is 3.19. The van der Waals surface area contributed by atoms with Crippen LogP contribution in [0.3, 0.4) is 0 Å². The molecule has 0 saturated heterocycles. The first-order valence-corrected chi connectivity index (χ1v) is 6.14. The summed E-state index contributed by atoms with van der Waals surface area (Å²) in [5.41, 5.74) is 10.9. The smallest absolute Gasteiger partial charge is 0.153 e. The highest BCUT2D eigenvalue weighted by atomic mass is 14.9. The second kappa shape index (κ2) is 4.63. The zero-order chi connectivity index (χ0) is 14.1. The Balaban J connectivity index is 2.25. The molecule has 0 radical (unpaired) electrons. The van der Waals surface area contributed by atoms with Crippen LogP contribution < -0.4 is 5.73 Å². The molecule has 0 bridgehead atoms. The molecular formula is C16H12N4. The van der Waals surface area contributed by atoms with Gasteiger partial charge in [0.05, 0.1) is 11.2 Å². The topological polar surface area (TPSA) is 64.7 Å². The van der Waals surface area contributed by atoms with Crippen LogP contribution in [0.2, 0.25) is 0 Å². The van der Waals surface area contributed by atoms with Gasteiger partial charge in [0.25, 0.3) is 0 Å². The van der Waals surface area contributed by atoms with E-state index in [0.29, 0.717) is 11.3 Å². The van der Waals surface area contributed by atoms with Gasteiger partial charge >= 0.3 is 0 Å². The highest BCUT2D eigenvalue weighted by molar-refractivity contribution is 5.86. The average molecular weight is 260 g/mol. The first kappa shape index (κ1) is 12.1. The van der Waals surface area contributed by atoms with E-state index in [4.69, 9.17) is 12.2 Å². The Labute approximate surface area is 116 Å². The molecule has 0 spiro atoms. The van der Waals surface area contributed by atoms with Gasteiger partial charge in [0.2, 0.25) is 0 Å². The zero-order valence-electron chi connectivity index (χ0n) is 11.0. The first-order valence-electron chi connectivity index (χ1n) is 6.14. The Kier molecular flexibility index (Phi) is 2.81. The van der Waals surface area contributed by atoms with Crippen LogP contribution >= 0.6 is 0 Å². The van der Waals surface area contributed by atoms with Crippen molar-refractivity contribution in [3.8, 4) is 23.6 Å². The molecule has 3 aromatic rings. The van der Waals surface area contributed by atoms with Crippen molar-refractivity contribution in [1.82, 2.24) is 15.0 Å². The van der Waals surface area contributed by atoms with Crippen LogP contribution in [0.5, 0.6) is 0 Å². The molecule has 4 heteroatoms. The fourth-order valence-electron chi connectivity index (χ4n) is 2.10. The van der Waals surface area contributed by atoms with Crippen LogP contribution in [0, 0.1) is 19.3 Å². The van der Waals surface area contributed by atoms with Crippen molar-refractivity contribution in [2.45, 2.75) is 6.92 Å². The molecule has 3 rings (SSSR count). The lowest BCUT2D eigenvalue weighted by molar-refractivity contribution is 1.20. The van der Waals surface area contributed by atoms with Gasteiger partial charge in [0, 0.05) is 11.1 Å². The molecule has 0 aliphatic heterocycles. The van der Waals surface area contributed by atoms with Crippen LogP contribution in [0.1, 0.15) is 11.1 Å². The van der Waals surface area contributed by atoms with Gasteiger partial charge in [0.1, 0.15) is 11.8 Å². The molecule has 0 aliphatic carbocycles. The van der Waals surface area contributed by atoms with Gasteiger partial charge in [-0.15, -0.1) is 6.42 Å². The molecule has 2 N–H and O–H groups in total. The number of fused-ring (bicyclic) bond motifs is 1. The number of nitrogen functional groups attached to an aromatic ring is 1. The van der Waals surface area contributed by atoms with E-state index in [0.717, 1.165) is 27.9 Å². The normalized spacial score (nSPS) is 10.4. The number of hydrogen-bond acceptors (Lipinski definition) is 4. The van der Waals surface area contributed by atoms with E-state index in [-0.39, 0.29) is 0 Å². The number of aromatic nitrogens is 3. The minimum absolute atomic E-state index is 0.377. The maximum Gasteiger partial charge on any atom is 0.153 e. The number of terminal acetylenes is 1. The minimum Gasteiger partial charge on any atom is -0.382 e. The van der Waals surface area contributed by atoms with E-state index in [9.17, 15) is 0 Å². The molecule has 0 unspecified atom stereocenters. The van der Waals surface area contributed by atoms with E-state index in [1.165, 1.54) is 6.33 Å². The van der Waals surface area contributed by atoms with Crippen molar-refractivity contribution in [2.75, 3.05) is 5.73 Å². The van der Waals surface area contributed by atoms with Gasteiger partial charge in [0.15, 0.2) is 5.82 Å². The summed E-state index contributed by atoms with van der Waals surface area (Å²) < 4.78 is 0. The van der Waals surface area contributed by atoms with Crippen molar-refractivity contribution in [1.29, 1.82) is 0 Å². The van der Waals surface area contributed by atoms with E-state index < -0.39 is 0 Å². The van der Waals surface area contributed by atoms with Crippen molar-refractivity contribution in [3.63, 3.8) is 0 Å². The molecule has 4 nitrogen and oxygen atoms in total. The van der Waals surface area contributed by atoms with Gasteiger partial charge in [-0.05, 0) is 36.8 Å². The SMILES string of the molecule is C#Cc1ccc(C)c(-c2ccc3ncnc(N)c3n2)c1. The summed E-state index contributed by atoms with van der Waals surface area (Å²) in [7, 11) is 0. The summed E-state index contributed by atoms with van der Waals surface area (Å²) in [5.74, 6) is 3.01. The Morgan fingerprint density at radius 1 is 1.15 bits per heavy atom. The standard InChI is InChI=1S/C16H12N4/c1-3-11-5-4-10(2)12(8-11)13-6-7-14-15(20-13)16(17)19-9-18-14/h1,4-9H,2H3,(H2,17,18,19). The van der Waals surface area contributed by atoms with Crippen LogP contribution in [0.25, 0.3) is 22.3 Å². The molecule has 0 fully saturated rings. The quantitative estimate of drug-likeness (QED) is 0.683. The molecule has 0 saturated carbocycles. The second-order valence-electron chi connectivity index (χ2n) is 4.50. The zero-order valence-corrected chi connectivity index (χ0v) is 11.0. The highest BCUT2D eigenvalue weighted by Crippen LogP contribution is 2.25.